The quantitative estimate of drug-likeness (QED) is 0.648. The number of nitriles is 1. The van der Waals surface area contributed by atoms with Gasteiger partial charge in [-0.3, -0.25) is 0 Å². The number of aliphatic carboxylic acids is 1. The van der Waals surface area contributed by atoms with Crippen LogP contribution in [0.2, 0.25) is 0 Å². The second-order valence-corrected chi connectivity index (χ2v) is 6.69. The summed E-state index contributed by atoms with van der Waals surface area (Å²) in [6, 6.07) is 14.3. The second kappa shape index (κ2) is 8.45. The summed E-state index contributed by atoms with van der Waals surface area (Å²) in [7, 11) is 0. The number of ether oxygens (including phenoxy) is 1. The highest BCUT2D eigenvalue weighted by Gasteiger charge is 2.36. The number of hydrogen-bond acceptors (Lipinski definition) is 5. The molecule has 142 valence electrons. The smallest absolute Gasteiger partial charge is 0.333 e. The van der Waals surface area contributed by atoms with Gasteiger partial charge in [-0.2, -0.15) is 5.26 Å². The predicted molar refractivity (Wildman–Crippen MR) is 106 cm³/mol. The lowest BCUT2D eigenvalue weighted by Crippen LogP contribution is -2.40. The van der Waals surface area contributed by atoms with Crippen molar-refractivity contribution >= 4 is 17.3 Å². The molecule has 6 heteroatoms. The number of carboxylic acids is 1. The van der Waals surface area contributed by atoms with E-state index in [1.165, 1.54) is 0 Å². The maximum absolute atomic E-state index is 12.1. The van der Waals surface area contributed by atoms with E-state index in [-0.39, 0.29) is 6.04 Å². The van der Waals surface area contributed by atoms with Crippen molar-refractivity contribution in [2.24, 2.45) is 0 Å². The van der Waals surface area contributed by atoms with Crippen molar-refractivity contribution in [3.8, 4) is 11.8 Å². The van der Waals surface area contributed by atoms with E-state index in [9.17, 15) is 9.90 Å². The van der Waals surface area contributed by atoms with Gasteiger partial charge in [0, 0.05) is 11.7 Å². The van der Waals surface area contributed by atoms with Gasteiger partial charge in [0.05, 0.1) is 23.9 Å². The first-order chi connectivity index (χ1) is 12.8. The number of benzene rings is 2. The van der Waals surface area contributed by atoms with E-state index in [0.29, 0.717) is 29.2 Å². The van der Waals surface area contributed by atoms with Crippen molar-refractivity contribution in [1.82, 2.24) is 0 Å². The lowest BCUT2D eigenvalue weighted by Gasteiger charge is -2.29. The van der Waals surface area contributed by atoms with Crippen molar-refractivity contribution < 1.29 is 14.6 Å². The molecule has 6 nitrogen and oxygen atoms in total. The van der Waals surface area contributed by atoms with Crippen LogP contribution in [-0.2, 0) is 10.3 Å². The molecule has 0 saturated heterocycles. The largest absolute Gasteiger partial charge is 0.492 e. The van der Waals surface area contributed by atoms with Crippen LogP contribution in [-0.4, -0.2) is 23.7 Å². The van der Waals surface area contributed by atoms with Crippen LogP contribution in [0.3, 0.4) is 0 Å². The van der Waals surface area contributed by atoms with Crippen LogP contribution in [0.5, 0.6) is 5.75 Å². The van der Waals surface area contributed by atoms with Crippen molar-refractivity contribution in [2.45, 2.75) is 39.3 Å². The Morgan fingerprint density at radius 3 is 2.44 bits per heavy atom. The van der Waals surface area contributed by atoms with E-state index in [1.807, 2.05) is 32.9 Å². The van der Waals surface area contributed by atoms with Crippen LogP contribution in [0.4, 0.5) is 11.4 Å². The number of nitrogens with one attached hydrogen (secondary N) is 2. The maximum atomic E-state index is 12.1. The van der Waals surface area contributed by atoms with Crippen molar-refractivity contribution in [3.63, 3.8) is 0 Å². The topological polar surface area (TPSA) is 94.4 Å². The zero-order valence-corrected chi connectivity index (χ0v) is 16.0. The van der Waals surface area contributed by atoms with E-state index >= 15 is 0 Å². The standard InChI is InChI=1S/C21H25N3O3/c1-5-27-19-12-16(8-11-18(19)23-14(2)3)21(4,20(25)26)24-17-9-6-15(13-22)7-10-17/h6-12,14,23-24H,5H2,1-4H3,(H,25,26). The summed E-state index contributed by atoms with van der Waals surface area (Å²) >= 11 is 0. The van der Waals surface area contributed by atoms with Crippen LogP contribution < -0.4 is 15.4 Å². The minimum Gasteiger partial charge on any atom is -0.492 e. The Morgan fingerprint density at radius 1 is 1.26 bits per heavy atom. The van der Waals surface area contributed by atoms with Gasteiger partial charge in [-0.1, -0.05) is 6.07 Å². The molecule has 0 saturated carbocycles. The average Bonchev–Trinajstić information content (AvgIpc) is 2.63. The summed E-state index contributed by atoms with van der Waals surface area (Å²) in [5.74, 6) is -0.406. The van der Waals surface area contributed by atoms with Crippen LogP contribution >= 0.6 is 0 Å². The molecule has 0 aliphatic carbocycles. The molecule has 1 atom stereocenters. The summed E-state index contributed by atoms with van der Waals surface area (Å²) in [6.07, 6.45) is 0. The van der Waals surface area contributed by atoms with Crippen LogP contribution in [0, 0.1) is 11.3 Å². The van der Waals surface area contributed by atoms with Gasteiger partial charge < -0.3 is 20.5 Å². The Labute approximate surface area is 159 Å². The Balaban J connectivity index is 2.43. The lowest BCUT2D eigenvalue weighted by molar-refractivity contribution is -0.142. The Hall–Kier alpha value is -3.20. The molecule has 0 spiro atoms. The average molecular weight is 367 g/mol. The fraction of sp³-hybridized carbons (Fsp3) is 0.333. The van der Waals surface area contributed by atoms with E-state index in [1.54, 1.807) is 43.3 Å². The molecule has 3 N–H and O–H groups in total. The molecule has 0 amide bonds. The first-order valence-corrected chi connectivity index (χ1v) is 8.85. The molecule has 0 heterocycles. The maximum Gasteiger partial charge on any atom is 0.333 e. The monoisotopic (exact) mass is 367 g/mol. The van der Waals surface area contributed by atoms with E-state index in [4.69, 9.17) is 10.00 Å². The third-order valence-electron chi connectivity index (χ3n) is 4.14. The third kappa shape index (κ3) is 4.70. The number of nitrogens with zero attached hydrogens (tertiary/aromatic N) is 1. The van der Waals surface area contributed by atoms with Gasteiger partial charge in [-0.05, 0) is 69.7 Å². The summed E-state index contributed by atoms with van der Waals surface area (Å²) in [5.41, 5.74) is 1.15. The van der Waals surface area contributed by atoms with Crippen molar-refractivity contribution in [2.75, 3.05) is 17.2 Å². The van der Waals surface area contributed by atoms with Gasteiger partial charge in [0.25, 0.3) is 0 Å². The van der Waals surface area contributed by atoms with E-state index in [2.05, 4.69) is 10.6 Å². The van der Waals surface area contributed by atoms with E-state index in [0.717, 1.165) is 5.69 Å². The molecule has 0 bridgehead atoms. The third-order valence-corrected chi connectivity index (χ3v) is 4.14. The summed E-state index contributed by atoms with van der Waals surface area (Å²) < 4.78 is 5.71. The zero-order valence-electron chi connectivity index (χ0n) is 16.0. The Kier molecular flexibility index (Phi) is 6.30. The highest BCUT2D eigenvalue weighted by atomic mass is 16.5. The predicted octanol–water partition coefficient (Wildman–Crippen LogP) is 4.19. The number of rotatable bonds is 8. The second-order valence-electron chi connectivity index (χ2n) is 6.69. The van der Waals surface area contributed by atoms with Gasteiger partial charge in [-0.15, -0.1) is 0 Å². The zero-order chi connectivity index (χ0) is 20.0. The molecule has 0 aliphatic rings. The van der Waals surface area contributed by atoms with Crippen molar-refractivity contribution in [3.05, 3.63) is 53.6 Å². The SMILES string of the molecule is CCOc1cc(C(C)(Nc2ccc(C#N)cc2)C(=O)O)ccc1NC(C)C. The minimum atomic E-state index is -1.36. The Bertz CT molecular complexity index is 841. The Morgan fingerprint density at radius 2 is 1.93 bits per heavy atom. The van der Waals surface area contributed by atoms with Crippen molar-refractivity contribution in [1.29, 1.82) is 5.26 Å². The highest BCUT2D eigenvalue weighted by Crippen LogP contribution is 2.34. The molecular formula is C21H25N3O3. The number of anilines is 2. The van der Waals surface area contributed by atoms with Gasteiger partial charge >= 0.3 is 5.97 Å². The van der Waals surface area contributed by atoms with Crippen LogP contribution in [0.25, 0.3) is 0 Å². The molecular weight excluding hydrogens is 342 g/mol. The van der Waals surface area contributed by atoms with Gasteiger partial charge in [0.15, 0.2) is 5.54 Å². The number of carboxylic acid groups (broad SMARTS) is 1. The fourth-order valence-corrected chi connectivity index (χ4v) is 2.70. The normalized spacial score (nSPS) is 12.7. The molecule has 2 rings (SSSR count). The fourth-order valence-electron chi connectivity index (χ4n) is 2.70. The van der Waals surface area contributed by atoms with Crippen LogP contribution in [0.15, 0.2) is 42.5 Å². The number of hydrogen-bond donors (Lipinski definition) is 3. The lowest BCUT2D eigenvalue weighted by atomic mass is 9.91. The highest BCUT2D eigenvalue weighted by molar-refractivity contribution is 5.84. The first kappa shape index (κ1) is 20.1. The summed E-state index contributed by atoms with van der Waals surface area (Å²) in [5, 5.41) is 25.2. The minimum absolute atomic E-state index is 0.220. The molecule has 0 radical (unpaired) electrons. The summed E-state index contributed by atoms with van der Waals surface area (Å²) in [6.45, 7) is 8.02. The molecule has 0 aromatic heterocycles. The van der Waals surface area contributed by atoms with Gasteiger partial charge in [-0.25, -0.2) is 4.79 Å². The molecule has 27 heavy (non-hydrogen) atoms. The van der Waals surface area contributed by atoms with Gasteiger partial charge in [0.1, 0.15) is 5.75 Å². The molecule has 2 aromatic rings. The number of carbonyl (C=O) groups is 1. The van der Waals surface area contributed by atoms with Crippen LogP contribution in [0.1, 0.15) is 38.8 Å². The molecule has 0 aliphatic heterocycles. The molecule has 0 fully saturated rings. The first-order valence-electron chi connectivity index (χ1n) is 8.85. The molecule has 2 aromatic carbocycles. The summed E-state index contributed by atoms with van der Waals surface area (Å²) in [4.78, 5) is 12.1. The molecule has 1 unspecified atom stereocenters. The van der Waals surface area contributed by atoms with E-state index < -0.39 is 11.5 Å². The van der Waals surface area contributed by atoms with Gasteiger partial charge in [0.2, 0.25) is 0 Å².